The Labute approximate surface area is 255 Å². The minimum Gasteiger partial charge on any atom is -0.383 e. The number of nitrogens with one attached hydrogen (secondary N) is 1. The summed E-state index contributed by atoms with van der Waals surface area (Å²) < 4.78 is 41.6. The molecule has 0 atom stereocenters. The van der Waals surface area contributed by atoms with Crippen LogP contribution in [-0.4, -0.2) is 76.1 Å². The van der Waals surface area contributed by atoms with Crippen LogP contribution in [0.4, 0.5) is 24.7 Å². The number of nitrogen functional groups attached to an aromatic ring is 1. The van der Waals surface area contributed by atoms with Gasteiger partial charge in [0.2, 0.25) is 0 Å². The van der Waals surface area contributed by atoms with Crippen molar-refractivity contribution in [2.75, 3.05) is 44.8 Å². The van der Waals surface area contributed by atoms with Gasteiger partial charge in [-0.3, -0.25) is 9.59 Å². The number of alkyl halides is 3. The van der Waals surface area contributed by atoms with Gasteiger partial charge in [0.05, 0.1) is 11.1 Å². The van der Waals surface area contributed by atoms with E-state index in [1.54, 1.807) is 50.2 Å². The van der Waals surface area contributed by atoms with Gasteiger partial charge in [0.1, 0.15) is 24.3 Å². The number of nitrogens with zero attached hydrogens (tertiary/aromatic N) is 5. The molecule has 9 nitrogen and oxygen atoms in total. The molecule has 4 aromatic rings. The molecular weight excluding hydrogens is 571 g/mol. The van der Waals surface area contributed by atoms with E-state index in [9.17, 15) is 22.8 Å². The lowest BCUT2D eigenvalue weighted by molar-refractivity contribution is -0.141. The van der Waals surface area contributed by atoms with E-state index in [2.05, 4.69) is 21.9 Å². The molecule has 0 aliphatic rings. The third-order valence-corrected chi connectivity index (χ3v) is 6.70. The zero-order valence-corrected chi connectivity index (χ0v) is 25.8. The lowest BCUT2D eigenvalue weighted by Crippen LogP contribution is -2.42. The predicted octanol–water partition coefficient (Wildman–Crippen LogP) is 5.99. The van der Waals surface area contributed by atoms with Crippen molar-refractivity contribution in [3.63, 3.8) is 0 Å². The van der Waals surface area contributed by atoms with Crippen molar-refractivity contribution in [3.05, 3.63) is 72.6 Å². The van der Waals surface area contributed by atoms with Crippen molar-refractivity contribution in [1.82, 2.24) is 24.3 Å². The Morgan fingerprint density at radius 1 is 0.977 bits per heavy atom. The standard InChI is InChI=1S/C30H32F3N7O2.C2H6/c1-18(2)28(41)37-22-12-10-20(11-13-22)25-23(24-26(34)35-17-36-27(24)39(25)5)19-6-8-21(9-7-19)29(42)40(15-14-38(3)4)16-30(31,32)33;1-2/h6-13,17H,1,14-16H2,2-5H3,(H,37,41)(H2,34,35,36);1-2H3. The summed E-state index contributed by atoms with van der Waals surface area (Å²) in [6, 6.07) is 13.6. The summed E-state index contributed by atoms with van der Waals surface area (Å²) in [5.74, 6) is -0.752. The van der Waals surface area contributed by atoms with E-state index in [-0.39, 0.29) is 30.4 Å². The fourth-order valence-corrected chi connectivity index (χ4v) is 4.60. The Balaban J connectivity index is 0.00000259. The van der Waals surface area contributed by atoms with Crippen LogP contribution < -0.4 is 11.1 Å². The first-order valence-electron chi connectivity index (χ1n) is 14.0. The number of carbonyl (C=O) groups is 2. The number of nitrogens with two attached hydrogens (primary N) is 1. The van der Waals surface area contributed by atoms with Crippen molar-refractivity contribution in [2.24, 2.45) is 7.05 Å². The maximum Gasteiger partial charge on any atom is 0.406 e. The zero-order chi connectivity index (χ0) is 32.8. The fraction of sp³-hybridized carbons (Fsp3) is 0.312. The Hall–Kier alpha value is -4.71. The number of fused-ring (bicyclic) bond motifs is 1. The molecule has 2 heterocycles. The molecule has 44 heavy (non-hydrogen) atoms. The SMILES string of the molecule is C=C(C)C(=O)Nc1ccc(-c2c(-c3ccc(C(=O)N(CCN(C)C)CC(F)(F)F)cc3)c3c(N)ncnc3n2C)cc1.CC. The number of rotatable bonds is 9. The van der Waals surface area contributed by atoms with Gasteiger partial charge < -0.3 is 25.4 Å². The van der Waals surface area contributed by atoms with Gasteiger partial charge in [-0.25, -0.2) is 9.97 Å². The number of aromatic nitrogens is 3. The molecule has 2 amide bonds. The van der Waals surface area contributed by atoms with Gasteiger partial charge in [0.25, 0.3) is 11.8 Å². The Morgan fingerprint density at radius 3 is 2.11 bits per heavy atom. The second-order valence-electron chi connectivity index (χ2n) is 10.3. The minimum atomic E-state index is -4.53. The number of halogens is 3. The van der Waals surface area contributed by atoms with Gasteiger partial charge in [0.15, 0.2) is 0 Å². The molecule has 3 N–H and O–H groups in total. The van der Waals surface area contributed by atoms with Crippen LogP contribution in [0.25, 0.3) is 33.4 Å². The number of anilines is 2. The van der Waals surface area contributed by atoms with E-state index >= 15 is 0 Å². The molecule has 0 saturated carbocycles. The lowest BCUT2D eigenvalue weighted by Gasteiger charge is -2.25. The molecule has 0 aliphatic heterocycles. The van der Waals surface area contributed by atoms with Gasteiger partial charge in [0, 0.05) is 42.5 Å². The number of aryl methyl sites for hydroxylation is 1. The lowest BCUT2D eigenvalue weighted by atomic mass is 9.97. The summed E-state index contributed by atoms with van der Waals surface area (Å²) in [4.78, 5) is 36.3. The molecule has 234 valence electrons. The Morgan fingerprint density at radius 2 is 1.57 bits per heavy atom. The summed E-state index contributed by atoms with van der Waals surface area (Å²) in [6.07, 6.45) is -3.16. The molecule has 0 spiro atoms. The quantitative estimate of drug-likeness (QED) is 0.226. The monoisotopic (exact) mass is 609 g/mol. The zero-order valence-electron chi connectivity index (χ0n) is 25.8. The Kier molecular flexibility index (Phi) is 10.9. The summed E-state index contributed by atoms with van der Waals surface area (Å²) in [6.45, 7) is 8.14. The highest BCUT2D eigenvalue weighted by Crippen LogP contribution is 2.41. The van der Waals surface area contributed by atoms with Crippen LogP contribution in [0.1, 0.15) is 31.1 Å². The largest absolute Gasteiger partial charge is 0.406 e. The molecule has 2 aromatic heterocycles. The van der Waals surface area contributed by atoms with Crippen LogP contribution in [0.2, 0.25) is 0 Å². The van der Waals surface area contributed by atoms with E-state index in [0.29, 0.717) is 33.4 Å². The summed E-state index contributed by atoms with van der Waals surface area (Å²) in [7, 11) is 5.30. The molecule has 2 aromatic carbocycles. The van der Waals surface area contributed by atoms with Crippen molar-refractivity contribution in [2.45, 2.75) is 26.9 Å². The van der Waals surface area contributed by atoms with Crippen LogP contribution in [0.15, 0.2) is 67.0 Å². The number of likely N-dealkylation sites (N-methyl/N-ethyl adjacent to an activating group) is 1. The number of hydrogen-bond donors (Lipinski definition) is 2. The second-order valence-corrected chi connectivity index (χ2v) is 10.3. The highest BCUT2D eigenvalue weighted by molar-refractivity contribution is 6.08. The smallest absolute Gasteiger partial charge is 0.383 e. The predicted molar refractivity (Wildman–Crippen MR) is 169 cm³/mol. The summed E-state index contributed by atoms with van der Waals surface area (Å²) >= 11 is 0. The first-order valence-corrected chi connectivity index (χ1v) is 14.0. The average Bonchev–Trinajstić information content (AvgIpc) is 3.29. The van der Waals surface area contributed by atoms with E-state index in [0.717, 1.165) is 16.2 Å². The molecule has 4 rings (SSSR count). The average molecular weight is 610 g/mol. The summed E-state index contributed by atoms with van der Waals surface area (Å²) in [5.41, 5.74) is 10.9. The second kappa shape index (κ2) is 14.2. The third kappa shape index (κ3) is 7.81. The number of hydrogen-bond acceptors (Lipinski definition) is 6. The van der Waals surface area contributed by atoms with Gasteiger partial charge >= 0.3 is 6.18 Å². The molecule has 0 unspecified atom stereocenters. The van der Waals surface area contributed by atoms with Gasteiger partial charge in [-0.15, -0.1) is 0 Å². The Bertz CT molecular complexity index is 1630. The molecule has 0 aliphatic carbocycles. The molecule has 0 saturated heterocycles. The number of carbonyl (C=O) groups excluding carboxylic acids is 2. The maximum atomic E-state index is 13.3. The van der Waals surface area contributed by atoms with Crippen molar-refractivity contribution in [1.29, 1.82) is 0 Å². The number of benzene rings is 2. The first-order chi connectivity index (χ1) is 20.8. The normalized spacial score (nSPS) is 11.2. The minimum absolute atomic E-state index is 0.0722. The van der Waals surface area contributed by atoms with Crippen LogP contribution in [0.5, 0.6) is 0 Å². The van der Waals surface area contributed by atoms with Crippen LogP contribution in [0, 0.1) is 0 Å². The maximum absolute atomic E-state index is 13.3. The third-order valence-electron chi connectivity index (χ3n) is 6.70. The molecule has 0 radical (unpaired) electrons. The van der Waals surface area contributed by atoms with Gasteiger partial charge in [-0.05, 0) is 56.4 Å². The highest BCUT2D eigenvalue weighted by atomic mass is 19.4. The van der Waals surface area contributed by atoms with Crippen molar-refractivity contribution >= 4 is 34.4 Å². The fourth-order valence-electron chi connectivity index (χ4n) is 4.60. The highest BCUT2D eigenvalue weighted by Gasteiger charge is 2.33. The van der Waals surface area contributed by atoms with Crippen LogP contribution in [-0.2, 0) is 11.8 Å². The first kappa shape index (κ1) is 33.8. The van der Waals surface area contributed by atoms with E-state index in [1.807, 2.05) is 37.6 Å². The van der Waals surface area contributed by atoms with E-state index in [1.165, 1.54) is 18.5 Å². The van der Waals surface area contributed by atoms with Gasteiger partial charge in [-0.2, -0.15) is 13.2 Å². The van der Waals surface area contributed by atoms with E-state index < -0.39 is 18.6 Å². The topological polar surface area (TPSA) is 109 Å². The van der Waals surface area contributed by atoms with Crippen molar-refractivity contribution < 1.29 is 22.8 Å². The molecule has 0 fully saturated rings. The molecular formula is C32H38F3N7O2. The molecule has 0 bridgehead atoms. The van der Waals surface area contributed by atoms with Crippen LogP contribution >= 0.6 is 0 Å². The molecule has 12 heteroatoms. The number of amides is 2. The van der Waals surface area contributed by atoms with Crippen molar-refractivity contribution in [3.8, 4) is 22.4 Å². The van der Waals surface area contributed by atoms with Gasteiger partial charge in [-0.1, -0.05) is 44.7 Å². The van der Waals surface area contributed by atoms with Crippen LogP contribution in [0.3, 0.4) is 0 Å². The summed E-state index contributed by atoms with van der Waals surface area (Å²) in [5, 5.41) is 3.37. The van der Waals surface area contributed by atoms with E-state index in [4.69, 9.17) is 5.73 Å².